The lowest BCUT2D eigenvalue weighted by Gasteiger charge is -2.14. The zero-order chi connectivity index (χ0) is 12.2. The van der Waals surface area contributed by atoms with Crippen molar-refractivity contribution in [1.82, 2.24) is 15.4 Å². The molecule has 0 fully saturated rings. The van der Waals surface area contributed by atoms with E-state index in [4.69, 9.17) is 4.74 Å². The van der Waals surface area contributed by atoms with Gasteiger partial charge in [0.1, 0.15) is 5.69 Å². The highest BCUT2D eigenvalue weighted by molar-refractivity contribution is 5.86. The SMILES string of the molecule is CCOC(=O)/C=C/c1n[nH]nc1C(C)(C)C. The van der Waals surface area contributed by atoms with Gasteiger partial charge in [-0.05, 0) is 13.0 Å². The summed E-state index contributed by atoms with van der Waals surface area (Å²) >= 11 is 0. The Hall–Kier alpha value is -1.65. The van der Waals surface area contributed by atoms with Crippen LogP contribution < -0.4 is 0 Å². The van der Waals surface area contributed by atoms with Gasteiger partial charge in [0.05, 0.1) is 12.3 Å². The third-order valence-electron chi connectivity index (χ3n) is 1.95. The van der Waals surface area contributed by atoms with Crippen LogP contribution >= 0.6 is 0 Å². The summed E-state index contributed by atoms with van der Waals surface area (Å²) < 4.78 is 4.78. The van der Waals surface area contributed by atoms with Crippen LogP contribution in [0.5, 0.6) is 0 Å². The topological polar surface area (TPSA) is 67.9 Å². The van der Waals surface area contributed by atoms with Crippen molar-refractivity contribution in [3.05, 3.63) is 17.5 Å². The van der Waals surface area contributed by atoms with Crippen LogP contribution in [0, 0.1) is 0 Å². The molecule has 1 aromatic heterocycles. The van der Waals surface area contributed by atoms with E-state index in [0.29, 0.717) is 12.3 Å². The molecular weight excluding hydrogens is 206 g/mol. The highest BCUT2D eigenvalue weighted by atomic mass is 16.5. The molecule has 0 amide bonds. The summed E-state index contributed by atoms with van der Waals surface area (Å²) in [6, 6.07) is 0. The summed E-state index contributed by atoms with van der Waals surface area (Å²) in [5, 5.41) is 10.6. The first-order valence-corrected chi connectivity index (χ1v) is 5.21. The minimum atomic E-state index is -0.370. The summed E-state index contributed by atoms with van der Waals surface area (Å²) in [6.45, 7) is 8.24. The maximum absolute atomic E-state index is 11.1. The smallest absolute Gasteiger partial charge is 0.330 e. The molecular formula is C11H17N3O2. The maximum Gasteiger partial charge on any atom is 0.330 e. The van der Waals surface area contributed by atoms with Crippen LogP contribution in [0.1, 0.15) is 39.1 Å². The summed E-state index contributed by atoms with van der Waals surface area (Å²) in [6.07, 6.45) is 2.97. The molecule has 0 atom stereocenters. The Morgan fingerprint density at radius 3 is 2.69 bits per heavy atom. The Bertz CT molecular complexity index is 388. The van der Waals surface area contributed by atoms with E-state index >= 15 is 0 Å². The molecule has 0 radical (unpaired) electrons. The lowest BCUT2D eigenvalue weighted by Crippen LogP contribution is -2.13. The number of nitrogens with zero attached hydrogens (tertiary/aromatic N) is 2. The van der Waals surface area contributed by atoms with Crippen molar-refractivity contribution >= 4 is 12.0 Å². The van der Waals surface area contributed by atoms with E-state index in [-0.39, 0.29) is 11.4 Å². The van der Waals surface area contributed by atoms with E-state index in [9.17, 15) is 4.79 Å². The standard InChI is InChI=1S/C11H17N3O2/c1-5-16-9(15)7-6-8-10(11(2,3)4)13-14-12-8/h6-7H,5H2,1-4H3,(H,12,13,14)/b7-6+. The molecule has 1 heterocycles. The van der Waals surface area contributed by atoms with Crippen LogP contribution in [0.2, 0.25) is 0 Å². The number of esters is 1. The Kier molecular flexibility index (Phi) is 3.82. The minimum absolute atomic E-state index is 0.110. The summed E-state index contributed by atoms with van der Waals surface area (Å²) in [5.41, 5.74) is 1.38. The van der Waals surface area contributed by atoms with Crippen LogP contribution in [0.25, 0.3) is 6.08 Å². The van der Waals surface area contributed by atoms with Gasteiger partial charge < -0.3 is 4.74 Å². The maximum atomic E-state index is 11.1. The minimum Gasteiger partial charge on any atom is -0.463 e. The van der Waals surface area contributed by atoms with E-state index in [0.717, 1.165) is 5.69 Å². The summed E-state index contributed by atoms with van der Waals surface area (Å²) in [5.74, 6) is -0.370. The molecule has 1 N–H and O–H groups in total. The number of rotatable bonds is 3. The van der Waals surface area contributed by atoms with Gasteiger partial charge in [-0.1, -0.05) is 20.8 Å². The van der Waals surface area contributed by atoms with Crippen LogP contribution in [-0.4, -0.2) is 28.0 Å². The third-order valence-corrected chi connectivity index (χ3v) is 1.95. The lowest BCUT2D eigenvalue weighted by molar-refractivity contribution is -0.137. The van der Waals surface area contributed by atoms with Crippen molar-refractivity contribution in [1.29, 1.82) is 0 Å². The van der Waals surface area contributed by atoms with Gasteiger partial charge >= 0.3 is 5.97 Å². The molecule has 0 aliphatic carbocycles. The van der Waals surface area contributed by atoms with Crippen molar-refractivity contribution < 1.29 is 9.53 Å². The number of nitrogens with one attached hydrogen (secondary N) is 1. The van der Waals surface area contributed by atoms with Gasteiger partial charge in [0.2, 0.25) is 0 Å². The summed E-state index contributed by atoms with van der Waals surface area (Å²) in [4.78, 5) is 11.1. The van der Waals surface area contributed by atoms with Crippen LogP contribution in [0.3, 0.4) is 0 Å². The fraction of sp³-hybridized carbons (Fsp3) is 0.545. The first-order chi connectivity index (χ1) is 7.45. The monoisotopic (exact) mass is 223 g/mol. The average Bonchev–Trinajstić information content (AvgIpc) is 2.62. The molecule has 0 unspecified atom stereocenters. The van der Waals surface area contributed by atoms with Gasteiger partial charge in [-0.25, -0.2) is 4.79 Å². The molecule has 0 saturated carbocycles. The second-order valence-corrected chi connectivity index (χ2v) is 4.39. The van der Waals surface area contributed by atoms with Gasteiger partial charge in [0.15, 0.2) is 0 Å². The molecule has 0 aliphatic rings. The van der Waals surface area contributed by atoms with Gasteiger partial charge in [-0.2, -0.15) is 15.4 Å². The van der Waals surface area contributed by atoms with Gasteiger partial charge in [-0.3, -0.25) is 0 Å². The van der Waals surface area contributed by atoms with E-state index in [1.165, 1.54) is 6.08 Å². The van der Waals surface area contributed by atoms with Crippen molar-refractivity contribution in [3.63, 3.8) is 0 Å². The number of aromatic amines is 1. The molecule has 5 heteroatoms. The average molecular weight is 223 g/mol. The number of ether oxygens (including phenoxy) is 1. The number of hydrogen-bond donors (Lipinski definition) is 1. The van der Waals surface area contributed by atoms with E-state index in [1.54, 1.807) is 13.0 Å². The number of hydrogen-bond acceptors (Lipinski definition) is 4. The normalized spacial score (nSPS) is 12.0. The second kappa shape index (κ2) is 4.92. The second-order valence-electron chi connectivity index (χ2n) is 4.39. The van der Waals surface area contributed by atoms with Crippen LogP contribution in [-0.2, 0) is 14.9 Å². The molecule has 1 rings (SSSR count). The van der Waals surface area contributed by atoms with Crippen molar-refractivity contribution in [3.8, 4) is 0 Å². The zero-order valence-electron chi connectivity index (χ0n) is 10.1. The number of aromatic nitrogens is 3. The van der Waals surface area contributed by atoms with Gasteiger partial charge in [0.25, 0.3) is 0 Å². The Balaban J connectivity index is 2.82. The highest BCUT2D eigenvalue weighted by Crippen LogP contribution is 2.22. The first kappa shape index (κ1) is 12.4. The molecule has 0 saturated heterocycles. The molecule has 0 bridgehead atoms. The Morgan fingerprint density at radius 2 is 2.12 bits per heavy atom. The highest BCUT2D eigenvalue weighted by Gasteiger charge is 2.20. The molecule has 88 valence electrons. The van der Waals surface area contributed by atoms with E-state index in [2.05, 4.69) is 15.4 Å². The predicted molar refractivity (Wildman–Crippen MR) is 60.7 cm³/mol. The fourth-order valence-corrected chi connectivity index (χ4v) is 1.24. The number of carbonyl (C=O) groups is 1. The molecule has 0 aromatic carbocycles. The quantitative estimate of drug-likeness (QED) is 0.625. The van der Waals surface area contributed by atoms with E-state index in [1.807, 2.05) is 20.8 Å². The third kappa shape index (κ3) is 3.18. The van der Waals surface area contributed by atoms with Crippen LogP contribution in [0.15, 0.2) is 6.08 Å². The van der Waals surface area contributed by atoms with Gasteiger partial charge in [0, 0.05) is 11.5 Å². The Labute approximate surface area is 94.9 Å². The molecule has 5 nitrogen and oxygen atoms in total. The lowest BCUT2D eigenvalue weighted by atomic mass is 9.91. The zero-order valence-corrected chi connectivity index (χ0v) is 10.1. The van der Waals surface area contributed by atoms with Crippen molar-refractivity contribution in [2.45, 2.75) is 33.1 Å². The molecule has 0 spiro atoms. The first-order valence-electron chi connectivity index (χ1n) is 5.21. The van der Waals surface area contributed by atoms with Gasteiger partial charge in [-0.15, -0.1) is 0 Å². The van der Waals surface area contributed by atoms with Crippen LogP contribution in [0.4, 0.5) is 0 Å². The molecule has 16 heavy (non-hydrogen) atoms. The molecule has 0 aliphatic heterocycles. The fourth-order valence-electron chi connectivity index (χ4n) is 1.24. The number of carbonyl (C=O) groups excluding carboxylic acids is 1. The Morgan fingerprint density at radius 1 is 1.44 bits per heavy atom. The van der Waals surface area contributed by atoms with E-state index < -0.39 is 0 Å². The predicted octanol–water partition coefficient (Wildman–Crippen LogP) is 1.68. The summed E-state index contributed by atoms with van der Waals surface area (Å²) in [7, 11) is 0. The number of H-pyrrole nitrogens is 1. The molecule has 1 aromatic rings. The largest absolute Gasteiger partial charge is 0.463 e. The van der Waals surface area contributed by atoms with Crippen molar-refractivity contribution in [2.75, 3.05) is 6.61 Å². The van der Waals surface area contributed by atoms with Crippen molar-refractivity contribution in [2.24, 2.45) is 0 Å².